The van der Waals surface area contributed by atoms with E-state index in [1.54, 1.807) is 7.11 Å². The number of ketones is 1. The van der Waals surface area contributed by atoms with E-state index in [4.69, 9.17) is 10.1 Å². The number of nitrogens with zero attached hydrogens (tertiary/aromatic N) is 3. The summed E-state index contributed by atoms with van der Waals surface area (Å²) in [5, 5.41) is 14.7. The van der Waals surface area contributed by atoms with Gasteiger partial charge in [0, 0.05) is 32.3 Å². The second kappa shape index (κ2) is 13.7. The summed E-state index contributed by atoms with van der Waals surface area (Å²) in [6.45, 7) is 6.42. The lowest BCUT2D eigenvalue weighted by molar-refractivity contribution is 0.0970. The smallest absolute Gasteiger partial charge is 0.200 e. The fraction of sp³-hybridized carbons (Fsp3) is 0.400. The summed E-state index contributed by atoms with van der Waals surface area (Å²) in [5.41, 5.74) is 3.97. The van der Waals surface area contributed by atoms with Crippen LogP contribution in [0.25, 0.3) is 0 Å². The van der Waals surface area contributed by atoms with Gasteiger partial charge in [0.1, 0.15) is 17.4 Å². The number of aromatic nitrogens is 2. The van der Waals surface area contributed by atoms with Crippen molar-refractivity contribution < 1.29 is 9.53 Å². The summed E-state index contributed by atoms with van der Waals surface area (Å²) in [4.78, 5) is 24.4. The van der Waals surface area contributed by atoms with Crippen LogP contribution in [0, 0.1) is 5.41 Å². The minimum atomic E-state index is -0.0924. The van der Waals surface area contributed by atoms with E-state index in [1.165, 1.54) is 37.7 Å². The molecule has 0 atom stereocenters. The zero-order valence-electron chi connectivity index (χ0n) is 22.4. The molecule has 3 N–H and O–H groups in total. The average Bonchev–Trinajstić information content (AvgIpc) is 3.47. The summed E-state index contributed by atoms with van der Waals surface area (Å²) >= 11 is 0. The van der Waals surface area contributed by atoms with E-state index in [1.807, 2.05) is 24.3 Å². The van der Waals surface area contributed by atoms with E-state index < -0.39 is 0 Å². The largest absolute Gasteiger partial charge is 0.497 e. The molecule has 2 aromatic carbocycles. The number of hydrogen-bond donors (Lipinski definition) is 3. The maximum Gasteiger partial charge on any atom is 0.200 e. The van der Waals surface area contributed by atoms with Crippen LogP contribution in [0.15, 0.2) is 48.5 Å². The van der Waals surface area contributed by atoms with Gasteiger partial charge in [-0.15, -0.1) is 0 Å². The molecule has 1 saturated heterocycles. The minimum Gasteiger partial charge on any atom is -0.497 e. The van der Waals surface area contributed by atoms with Crippen LogP contribution in [0.2, 0.25) is 0 Å². The lowest BCUT2D eigenvalue weighted by Gasteiger charge is -2.16. The zero-order chi connectivity index (χ0) is 26.7. The van der Waals surface area contributed by atoms with E-state index in [0.29, 0.717) is 36.7 Å². The summed E-state index contributed by atoms with van der Waals surface area (Å²) in [6, 6.07) is 16.3. The molecule has 2 heterocycles. The fourth-order valence-corrected chi connectivity index (χ4v) is 4.53. The Morgan fingerprint density at radius 2 is 1.50 bits per heavy atom. The normalized spacial score (nSPS) is 13.3. The number of methoxy groups -OCH3 is 1. The Bertz CT molecular complexity index is 1200. The quantitative estimate of drug-likeness (QED) is 0.188. The zero-order valence-corrected chi connectivity index (χ0v) is 22.4. The molecule has 4 rings (SSSR count). The van der Waals surface area contributed by atoms with Gasteiger partial charge in [0.2, 0.25) is 0 Å². The first-order chi connectivity index (χ1) is 18.6. The van der Waals surface area contributed by atoms with Crippen LogP contribution in [0.4, 0.5) is 11.6 Å². The van der Waals surface area contributed by atoms with Gasteiger partial charge in [-0.3, -0.25) is 9.69 Å². The number of likely N-dealkylation sites (tertiary alicyclic amines) is 1. The second-order valence-corrected chi connectivity index (χ2v) is 9.68. The van der Waals surface area contributed by atoms with Crippen LogP contribution in [0.5, 0.6) is 5.75 Å². The van der Waals surface area contributed by atoms with Crippen LogP contribution in [-0.2, 0) is 19.6 Å². The van der Waals surface area contributed by atoms with Crippen molar-refractivity contribution in [2.45, 2.75) is 58.7 Å². The van der Waals surface area contributed by atoms with Crippen molar-refractivity contribution >= 4 is 23.6 Å². The van der Waals surface area contributed by atoms with Crippen LogP contribution in [0.1, 0.15) is 71.9 Å². The highest BCUT2D eigenvalue weighted by molar-refractivity contribution is 5.96. The number of unbranched alkanes of at least 4 members (excludes halogenated alkanes) is 1. The van der Waals surface area contributed by atoms with Crippen molar-refractivity contribution in [3.63, 3.8) is 0 Å². The highest BCUT2D eigenvalue weighted by atomic mass is 16.5. The van der Waals surface area contributed by atoms with E-state index in [2.05, 4.69) is 56.7 Å². The van der Waals surface area contributed by atoms with E-state index in [0.717, 1.165) is 36.3 Å². The molecule has 3 aromatic rings. The van der Waals surface area contributed by atoms with Gasteiger partial charge < -0.3 is 20.8 Å². The molecule has 1 aliphatic rings. The van der Waals surface area contributed by atoms with Crippen molar-refractivity contribution in [2.75, 3.05) is 30.8 Å². The fourth-order valence-electron chi connectivity index (χ4n) is 4.53. The van der Waals surface area contributed by atoms with Gasteiger partial charge in [0.25, 0.3) is 0 Å². The van der Waals surface area contributed by atoms with Crippen LogP contribution in [0.3, 0.4) is 0 Å². The number of Topliss-reactive ketones (excluding diaryl/α,β-unsaturated/α-hetero) is 1. The number of nitrogens with one attached hydrogen (secondary N) is 3. The number of rotatable bonds is 14. The maximum absolute atomic E-state index is 12.9. The van der Waals surface area contributed by atoms with Crippen LogP contribution >= 0.6 is 0 Å². The lowest BCUT2D eigenvalue weighted by atomic mass is 10.1. The SMILES string of the molecule is CCCCC(=O)c1nc(NCc2ccc(CN3CCCC3)cc2)c(C=N)c(NCc2ccc(OC)cc2)n1. The highest BCUT2D eigenvalue weighted by Gasteiger charge is 2.18. The summed E-state index contributed by atoms with van der Waals surface area (Å²) in [6.07, 6.45) is 5.92. The van der Waals surface area contributed by atoms with Crippen molar-refractivity contribution in [1.29, 1.82) is 5.41 Å². The van der Waals surface area contributed by atoms with Gasteiger partial charge in [-0.05, 0) is 61.2 Å². The molecule has 38 heavy (non-hydrogen) atoms. The minimum absolute atomic E-state index is 0.0924. The van der Waals surface area contributed by atoms with E-state index >= 15 is 0 Å². The van der Waals surface area contributed by atoms with E-state index in [9.17, 15) is 4.79 Å². The lowest BCUT2D eigenvalue weighted by Crippen LogP contribution is -2.18. The van der Waals surface area contributed by atoms with Crippen molar-refractivity contribution in [3.05, 3.63) is 76.6 Å². The Hall–Kier alpha value is -3.78. The molecule has 0 radical (unpaired) electrons. The Kier molecular flexibility index (Phi) is 9.81. The summed E-state index contributed by atoms with van der Waals surface area (Å²) in [5.74, 6) is 1.81. The van der Waals surface area contributed by atoms with Gasteiger partial charge in [-0.25, -0.2) is 9.97 Å². The Morgan fingerprint density at radius 3 is 2.03 bits per heavy atom. The highest BCUT2D eigenvalue weighted by Crippen LogP contribution is 2.23. The van der Waals surface area contributed by atoms with Crippen molar-refractivity contribution in [1.82, 2.24) is 14.9 Å². The predicted octanol–water partition coefficient (Wildman–Crippen LogP) is 5.68. The molecule has 8 nitrogen and oxygen atoms in total. The van der Waals surface area contributed by atoms with Gasteiger partial charge in [-0.2, -0.15) is 0 Å². The van der Waals surface area contributed by atoms with Gasteiger partial charge in [-0.1, -0.05) is 49.7 Å². The second-order valence-electron chi connectivity index (χ2n) is 9.68. The molecule has 0 saturated carbocycles. The molecular formula is C30H38N6O2. The molecule has 1 aromatic heterocycles. The van der Waals surface area contributed by atoms with Gasteiger partial charge in [0.05, 0.1) is 12.7 Å². The number of hydrogen-bond acceptors (Lipinski definition) is 8. The van der Waals surface area contributed by atoms with Crippen molar-refractivity contribution in [3.8, 4) is 5.75 Å². The Morgan fingerprint density at radius 1 is 0.947 bits per heavy atom. The molecule has 0 amide bonds. The number of carbonyl (C=O) groups is 1. The number of carbonyl (C=O) groups excluding carboxylic acids is 1. The first-order valence-electron chi connectivity index (χ1n) is 13.5. The first-order valence-corrected chi connectivity index (χ1v) is 13.5. The molecule has 8 heteroatoms. The first kappa shape index (κ1) is 27.3. The molecule has 0 aliphatic carbocycles. The standard InChI is InChI=1S/C30H38N6O2/c1-3-4-7-27(37)30-34-28(32-19-22-8-10-24(11-9-22)21-36-16-5-6-17-36)26(18-31)29(35-30)33-20-23-12-14-25(38-2)15-13-23/h8-15,18,31H,3-7,16-17,19-21H2,1-2H3,(H2,32,33,34,35). The number of ether oxygens (including phenoxy) is 1. The average molecular weight is 515 g/mol. The summed E-state index contributed by atoms with van der Waals surface area (Å²) < 4.78 is 5.24. The molecule has 0 spiro atoms. The molecule has 0 unspecified atom stereocenters. The molecule has 1 fully saturated rings. The Balaban J connectivity index is 1.51. The Labute approximate surface area is 225 Å². The maximum atomic E-state index is 12.9. The number of benzene rings is 2. The third-order valence-electron chi connectivity index (χ3n) is 6.80. The van der Waals surface area contributed by atoms with Gasteiger partial charge >= 0.3 is 0 Å². The third-order valence-corrected chi connectivity index (χ3v) is 6.80. The van der Waals surface area contributed by atoms with Crippen LogP contribution in [-0.4, -0.2) is 47.1 Å². The van der Waals surface area contributed by atoms with Gasteiger partial charge in [0.15, 0.2) is 11.6 Å². The predicted molar refractivity (Wildman–Crippen MR) is 152 cm³/mol. The van der Waals surface area contributed by atoms with E-state index in [-0.39, 0.29) is 11.6 Å². The molecule has 0 bridgehead atoms. The molecule has 200 valence electrons. The monoisotopic (exact) mass is 514 g/mol. The van der Waals surface area contributed by atoms with Crippen LogP contribution < -0.4 is 15.4 Å². The summed E-state index contributed by atoms with van der Waals surface area (Å²) in [7, 11) is 1.64. The molecule has 1 aliphatic heterocycles. The molecular weight excluding hydrogens is 476 g/mol. The van der Waals surface area contributed by atoms with Crippen molar-refractivity contribution in [2.24, 2.45) is 0 Å². The third kappa shape index (κ3) is 7.38. The topological polar surface area (TPSA) is 103 Å². The number of anilines is 2.